The summed E-state index contributed by atoms with van der Waals surface area (Å²) in [5.41, 5.74) is 0.495. The molecule has 0 saturated carbocycles. The molecule has 1 fully saturated rings. The summed E-state index contributed by atoms with van der Waals surface area (Å²) in [6.07, 6.45) is 1.44. The second kappa shape index (κ2) is 7.40. The highest BCUT2D eigenvalue weighted by Gasteiger charge is 2.29. The molecule has 1 aromatic heterocycles. The summed E-state index contributed by atoms with van der Waals surface area (Å²) >= 11 is 5.78. The zero-order chi connectivity index (χ0) is 17.8. The molecule has 3 rings (SSSR count). The summed E-state index contributed by atoms with van der Waals surface area (Å²) in [6, 6.07) is 9.73. The molecule has 130 valence electrons. The van der Waals surface area contributed by atoms with E-state index in [-0.39, 0.29) is 11.7 Å². The van der Waals surface area contributed by atoms with Crippen molar-refractivity contribution in [3.05, 3.63) is 53.4 Å². The van der Waals surface area contributed by atoms with Crippen molar-refractivity contribution in [2.75, 3.05) is 31.5 Å². The normalized spacial score (nSPS) is 14.3. The number of halogens is 1. The van der Waals surface area contributed by atoms with E-state index in [1.54, 1.807) is 41.3 Å². The van der Waals surface area contributed by atoms with Crippen molar-refractivity contribution in [3.63, 3.8) is 0 Å². The van der Waals surface area contributed by atoms with E-state index in [0.717, 1.165) is 0 Å². The average Bonchev–Trinajstić information content (AvgIpc) is 3.17. The lowest BCUT2D eigenvalue weighted by molar-refractivity contribution is -0.144. The van der Waals surface area contributed by atoms with Crippen molar-refractivity contribution in [1.29, 1.82) is 0 Å². The lowest BCUT2D eigenvalue weighted by atomic mass is 10.2. The van der Waals surface area contributed by atoms with Crippen LogP contribution < -0.4 is 5.32 Å². The maximum absolute atomic E-state index is 12.2. The molecule has 2 heterocycles. The first-order valence-corrected chi connectivity index (χ1v) is 8.11. The van der Waals surface area contributed by atoms with Crippen LogP contribution in [-0.2, 0) is 9.59 Å². The maximum Gasteiger partial charge on any atom is 0.313 e. The molecule has 0 spiro atoms. The van der Waals surface area contributed by atoms with Crippen LogP contribution in [0.25, 0.3) is 0 Å². The molecule has 2 aromatic rings. The number of rotatable bonds is 2. The van der Waals surface area contributed by atoms with Crippen molar-refractivity contribution >= 4 is 35.0 Å². The number of carbonyl (C=O) groups is 3. The molecule has 0 radical (unpaired) electrons. The minimum Gasteiger partial charge on any atom is -0.459 e. The van der Waals surface area contributed by atoms with Gasteiger partial charge < -0.3 is 19.5 Å². The molecular weight excluding hydrogens is 346 g/mol. The van der Waals surface area contributed by atoms with E-state index in [4.69, 9.17) is 16.0 Å². The van der Waals surface area contributed by atoms with E-state index in [1.165, 1.54) is 11.2 Å². The van der Waals surface area contributed by atoms with Crippen LogP contribution in [0.2, 0.25) is 5.02 Å². The zero-order valence-electron chi connectivity index (χ0n) is 13.3. The number of nitrogens with one attached hydrogen (secondary N) is 1. The molecule has 8 heteroatoms. The van der Waals surface area contributed by atoms with Gasteiger partial charge in [0, 0.05) is 36.9 Å². The summed E-state index contributed by atoms with van der Waals surface area (Å²) in [5, 5.41) is 3.08. The lowest BCUT2D eigenvalue weighted by Crippen LogP contribution is -2.52. The summed E-state index contributed by atoms with van der Waals surface area (Å²) < 4.78 is 5.09. The van der Waals surface area contributed by atoms with Crippen LogP contribution in [-0.4, -0.2) is 53.7 Å². The standard InChI is InChI=1S/C17H16ClN3O4/c18-12-3-5-13(6-4-12)19-15(22)17(24)21-9-7-20(8-10-21)16(23)14-2-1-11-25-14/h1-6,11H,7-10H2,(H,19,22). The Morgan fingerprint density at radius 2 is 1.60 bits per heavy atom. The first-order valence-electron chi connectivity index (χ1n) is 7.73. The van der Waals surface area contributed by atoms with Gasteiger partial charge in [-0.3, -0.25) is 14.4 Å². The quantitative estimate of drug-likeness (QED) is 0.827. The SMILES string of the molecule is O=C(Nc1ccc(Cl)cc1)C(=O)N1CCN(C(=O)c2ccco2)CC1. The minimum atomic E-state index is -0.715. The molecule has 25 heavy (non-hydrogen) atoms. The number of hydrogen-bond donors (Lipinski definition) is 1. The fraction of sp³-hybridized carbons (Fsp3) is 0.235. The number of anilines is 1. The van der Waals surface area contributed by atoms with Crippen LogP contribution in [0.15, 0.2) is 47.1 Å². The number of nitrogens with zero attached hydrogens (tertiary/aromatic N) is 2. The first kappa shape index (κ1) is 17.0. The third kappa shape index (κ3) is 4.00. The number of piperazine rings is 1. The molecule has 3 amide bonds. The average molecular weight is 362 g/mol. The Morgan fingerprint density at radius 3 is 2.20 bits per heavy atom. The second-order valence-electron chi connectivity index (χ2n) is 5.52. The molecule has 1 aromatic carbocycles. The Bertz CT molecular complexity index is 766. The van der Waals surface area contributed by atoms with Gasteiger partial charge >= 0.3 is 11.8 Å². The topological polar surface area (TPSA) is 82.9 Å². The third-order valence-corrected chi connectivity index (χ3v) is 4.13. The van der Waals surface area contributed by atoms with E-state index in [9.17, 15) is 14.4 Å². The fourth-order valence-electron chi connectivity index (χ4n) is 2.53. The molecule has 0 unspecified atom stereocenters. The van der Waals surface area contributed by atoms with Gasteiger partial charge in [-0.25, -0.2) is 0 Å². The Kier molecular flexibility index (Phi) is 5.04. The molecule has 0 atom stereocenters. The van der Waals surface area contributed by atoms with Crippen molar-refractivity contribution in [3.8, 4) is 0 Å². The molecule has 1 N–H and O–H groups in total. The minimum absolute atomic E-state index is 0.220. The molecule has 0 bridgehead atoms. The van der Waals surface area contributed by atoms with Gasteiger partial charge in [0.05, 0.1) is 6.26 Å². The first-order chi connectivity index (χ1) is 12.0. The monoisotopic (exact) mass is 361 g/mol. The summed E-state index contributed by atoms with van der Waals surface area (Å²) in [7, 11) is 0. The van der Waals surface area contributed by atoms with Crippen LogP contribution >= 0.6 is 11.6 Å². The molecule has 1 aliphatic heterocycles. The summed E-state index contributed by atoms with van der Waals surface area (Å²) in [4.78, 5) is 39.5. The van der Waals surface area contributed by atoms with Gasteiger partial charge in [-0.1, -0.05) is 11.6 Å². The highest BCUT2D eigenvalue weighted by atomic mass is 35.5. The van der Waals surface area contributed by atoms with Crippen LogP contribution in [0.4, 0.5) is 5.69 Å². The molecule has 0 aliphatic carbocycles. The number of furan rings is 1. The van der Waals surface area contributed by atoms with Gasteiger partial charge in [0.1, 0.15) is 0 Å². The summed E-state index contributed by atoms with van der Waals surface area (Å²) in [6.45, 7) is 1.28. The Balaban J connectivity index is 1.53. The van der Waals surface area contributed by atoms with Crippen molar-refractivity contribution < 1.29 is 18.8 Å². The molecular formula is C17H16ClN3O4. The molecule has 1 aliphatic rings. The predicted molar refractivity (Wildman–Crippen MR) is 91.3 cm³/mol. The number of benzene rings is 1. The van der Waals surface area contributed by atoms with Gasteiger partial charge in [-0.2, -0.15) is 0 Å². The summed E-state index contributed by atoms with van der Waals surface area (Å²) in [5.74, 6) is -1.30. The van der Waals surface area contributed by atoms with Gasteiger partial charge in [0.25, 0.3) is 5.91 Å². The van der Waals surface area contributed by atoms with Crippen LogP contribution in [0, 0.1) is 0 Å². The number of hydrogen-bond acceptors (Lipinski definition) is 4. The Morgan fingerprint density at radius 1 is 0.960 bits per heavy atom. The smallest absolute Gasteiger partial charge is 0.313 e. The van der Waals surface area contributed by atoms with Gasteiger partial charge in [-0.15, -0.1) is 0 Å². The van der Waals surface area contributed by atoms with Crippen molar-refractivity contribution in [2.24, 2.45) is 0 Å². The largest absolute Gasteiger partial charge is 0.459 e. The zero-order valence-corrected chi connectivity index (χ0v) is 14.0. The predicted octanol–water partition coefficient (Wildman–Crippen LogP) is 1.86. The lowest BCUT2D eigenvalue weighted by Gasteiger charge is -2.33. The Hall–Kier alpha value is -2.80. The fourth-order valence-corrected chi connectivity index (χ4v) is 2.66. The van der Waals surface area contributed by atoms with E-state index in [0.29, 0.717) is 36.9 Å². The van der Waals surface area contributed by atoms with Crippen molar-refractivity contribution in [2.45, 2.75) is 0 Å². The van der Waals surface area contributed by atoms with E-state index >= 15 is 0 Å². The highest BCUT2D eigenvalue weighted by Crippen LogP contribution is 2.14. The van der Waals surface area contributed by atoms with Gasteiger partial charge in [-0.05, 0) is 36.4 Å². The van der Waals surface area contributed by atoms with Gasteiger partial charge in [0.15, 0.2) is 5.76 Å². The van der Waals surface area contributed by atoms with Crippen LogP contribution in [0.5, 0.6) is 0 Å². The molecule has 1 saturated heterocycles. The second-order valence-corrected chi connectivity index (χ2v) is 5.96. The maximum atomic E-state index is 12.2. The van der Waals surface area contributed by atoms with E-state index in [1.807, 2.05) is 0 Å². The highest BCUT2D eigenvalue weighted by molar-refractivity contribution is 6.39. The third-order valence-electron chi connectivity index (χ3n) is 3.88. The van der Waals surface area contributed by atoms with E-state index in [2.05, 4.69) is 5.32 Å². The number of carbonyl (C=O) groups excluding carboxylic acids is 3. The molecule has 7 nitrogen and oxygen atoms in total. The van der Waals surface area contributed by atoms with Crippen LogP contribution in [0.3, 0.4) is 0 Å². The van der Waals surface area contributed by atoms with Crippen molar-refractivity contribution in [1.82, 2.24) is 9.80 Å². The van der Waals surface area contributed by atoms with Crippen LogP contribution in [0.1, 0.15) is 10.6 Å². The van der Waals surface area contributed by atoms with E-state index < -0.39 is 11.8 Å². The number of amides is 3. The van der Waals surface area contributed by atoms with Gasteiger partial charge in [0.2, 0.25) is 0 Å². The Labute approximate surface area is 149 Å².